The molecule has 0 aromatic carbocycles. The minimum atomic E-state index is -4.77. The number of ether oxygens (including phenoxy) is 3. The van der Waals surface area contributed by atoms with E-state index in [0.717, 1.165) is 128 Å². The summed E-state index contributed by atoms with van der Waals surface area (Å²) in [5.74, 6) is -1.57. The summed E-state index contributed by atoms with van der Waals surface area (Å²) in [4.78, 5) is 48.4. The van der Waals surface area contributed by atoms with Crippen LogP contribution < -0.4 is 0 Å². The van der Waals surface area contributed by atoms with Gasteiger partial charge in [0.25, 0.3) is 0 Å². The summed E-state index contributed by atoms with van der Waals surface area (Å²) in [6.07, 6.45) is 60.6. The molecule has 0 aliphatic carbocycles. The van der Waals surface area contributed by atoms with Gasteiger partial charge in [-0.2, -0.15) is 0 Å². The minimum Gasteiger partial charge on any atom is -0.462 e. The van der Waals surface area contributed by atoms with Crippen molar-refractivity contribution >= 4 is 25.7 Å². The fourth-order valence-electron chi connectivity index (χ4n) is 6.61. The van der Waals surface area contributed by atoms with Gasteiger partial charge in [-0.25, -0.2) is 4.57 Å². The van der Waals surface area contributed by atoms with E-state index in [1.807, 2.05) is 0 Å². The zero-order chi connectivity index (χ0) is 51.3. The van der Waals surface area contributed by atoms with Crippen molar-refractivity contribution in [1.82, 2.24) is 0 Å². The van der Waals surface area contributed by atoms with Gasteiger partial charge in [0.1, 0.15) is 12.7 Å². The molecular weight excluding hydrogens is 904 g/mol. The highest BCUT2D eigenvalue weighted by atomic mass is 31.2. The molecule has 3 atom stereocenters. The SMILES string of the molecule is CC/C=C\C/C=C\C/C=C\C/C=C\CCCCCCC(=O)OCC(COP(=O)(O)OCC(CO)OC(=O)CCCCCCC/C=C\CCCC)OC(=O)CCCC/C=C\C/C=C\C/C=C\C/C=C\CC. The summed E-state index contributed by atoms with van der Waals surface area (Å²) >= 11 is 0. The first kappa shape index (κ1) is 66.1. The Morgan fingerprint density at radius 3 is 1.19 bits per heavy atom. The second-order valence-electron chi connectivity index (χ2n) is 17.3. The molecule has 2 N–H and O–H groups in total. The van der Waals surface area contributed by atoms with Gasteiger partial charge in [0.15, 0.2) is 6.10 Å². The number of carbonyl (C=O) groups excluding carboxylic acids is 3. The molecule has 12 heteroatoms. The Hall–Kier alpha value is -3.86. The standard InChI is InChI=1S/C58H95O11P/c1-4-7-10-13-16-19-22-24-26-27-29-30-33-35-38-41-44-47-56(60)65-51-55(69-58(62)49-46-43-40-37-34-31-28-25-23-20-17-14-11-8-5-2)53-67-70(63,64)66-52-54(50-59)68-57(61)48-45-42-39-36-32-21-18-15-12-9-6-3/h7-8,10-11,15-20,24-26,28-30,34,37,54-55,59H,4-6,9,12-14,21-23,27,31-33,35-36,38-53H2,1-3H3,(H,63,64)/b10-7-,11-8-,18-15-,19-16-,20-17-,26-24-,28-25-,30-29-,37-34-. The highest BCUT2D eigenvalue weighted by molar-refractivity contribution is 7.47. The summed E-state index contributed by atoms with van der Waals surface area (Å²) in [6.45, 7) is 4.26. The maximum Gasteiger partial charge on any atom is 0.472 e. The highest BCUT2D eigenvalue weighted by Gasteiger charge is 2.28. The number of phosphoric ester groups is 1. The third-order valence-electron chi connectivity index (χ3n) is 10.7. The van der Waals surface area contributed by atoms with E-state index < -0.39 is 57.8 Å². The lowest BCUT2D eigenvalue weighted by Gasteiger charge is -2.21. The van der Waals surface area contributed by atoms with Crippen LogP contribution in [-0.4, -0.2) is 66.5 Å². The second kappa shape index (κ2) is 51.5. The van der Waals surface area contributed by atoms with Crippen molar-refractivity contribution in [3.63, 3.8) is 0 Å². The van der Waals surface area contributed by atoms with Gasteiger partial charge in [-0.1, -0.05) is 175 Å². The Kier molecular flexibility index (Phi) is 48.7. The van der Waals surface area contributed by atoms with Gasteiger partial charge in [-0.05, 0) is 116 Å². The molecule has 0 rings (SSSR count). The average molecular weight is 999 g/mol. The van der Waals surface area contributed by atoms with Crippen molar-refractivity contribution in [2.24, 2.45) is 0 Å². The van der Waals surface area contributed by atoms with Crippen LogP contribution in [0.1, 0.15) is 201 Å². The molecule has 0 aliphatic heterocycles. The van der Waals surface area contributed by atoms with E-state index in [9.17, 15) is 28.9 Å². The second-order valence-corrected chi connectivity index (χ2v) is 18.7. The largest absolute Gasteiger partial charge is 0.472 e. The number of carbonyl (C=O) groups is 3. The van der Waals surface area contributed by atoms with E-state index in [1.54, 1.807) is 0 Å². The number of rotatable bonds is 48. The molecule has 0 aromatic rings. The van der Waals surface area contributed by atoms with Gasteiger partial charge in [0.05, 0.1) is 19.8 Å². The van der Waals surface area contributed by atoms with Gasteiger partial charge >= 0.3 is 25.7 Å². The molecule has 0 fully saturated rings. The molecule has 70 heavy (non-hydrogen) atoms. The third-order valence-corrected chi connectivity index (χ3v) is 11.6. The molecule has 0 spiro atoms. The molecule has 0 aromatic heterocycles. The van der Waals surface area contributed by atoms with Crippen molar-refractivity contribution in [2.75, 3.05) is 26.4 Å². The van der Waals surface area contributed by atoms with E-state index >= 15 is 0 Å². The monoisotopic (exact) mass is 999 g/mol. The smallest absolute Gasteiger partial charge is 0.462 e. The van der Waals surface area contributed by atoms with Crippen LogP contribution >= 0.6 is 7.82 Å². The predicted molar refractivity (Wildman–Crippen MR) is 288 cm³/mol. The fourth-order valence-corrected chi connectivity index (χ4v) is 7.39. The summed E-state index contributed by atoms with van der Waals surface area (Å²) in [7, 11) is -4.77. The maximum absolute atomic E-state index is 12.9. The number of phosphoric acid groups is 1. The topological polar surface area (TPSA) is 155 Å². The van der Waals surface area contributed by atoms with Crippen LogP contribution in [0.15, 0.2) is 109 Å². The Morgan fingerprint density at radius 2 is 0.743 bits per heavy atom. The van der Waals surface area contributed by atoms with Gasteiger partial charge in [0, 0.05) is 19.3 Å². The molecule has 0 saturated heterocycles. The molecule has 0 saturated carbocycles. The lowest BCUT2D eigenvalue weighted by Crippen LogP contribution is -2.30. The number of aliphatic hydroxyl groups excluding tert-OH is 1. The minimum absolute atomic E-state index is 0.104. The Labute approximate surface area is 425 Å². The Balaban J connectivity index is 4.87. The summed E-state index contributed by atoms with van der Waals surface area (Å²) < 4.78 is 39.3. The zero-order valence-corrected chi connectivity index (χ0v) is 44.6. The van der Waals surface area contributed by atoms with Gasteiger partial charge in [-0.3, -0.25) is 23.4 Å². The lowest BCUT2D eigenvalue weighted by atomic mass is 10.1. The summed E-state index contributed by atoms with van der Waals surface area (Å²) in [6, 6.07) is 0. The molecule has 0 heterocycles. The Bertz CT molecular complexity index is 1590. The molecule has 3 unspecified atom stereocenters. The fraction of sp³-hybridized carbons (Fsp3) is 0.638. The van der Waals surface area contributed by atoms with Crippen molar-refractivity contribution in [3.05, 3.63) is 109 Å². The van der Waals surface area contributed by atoms with E-state index in [2.05, 4.69) is 130 Å². The van der Waals surface area contributed by atoms with Gasteiger partial charge < -0.3 is 24.2 Å². The van der Waals surface area contributed by atoms with Crippen molar-refractivity contribution < 1.29 is 52.2 Å². The van der Waals surface area contributed by atoms with Crippen molar-refractivity contribution in [1.29, 1.82) is 0 Å². The molecule has 0 aliphatic rings. The van der Waals surface area contributed by atoms with Crippen LogP contribution in [0.3, 0.4) is 0 Å². The van der Waals surface area contributed by atoms with Crippen LogP contribution in [0.5, 0.6) is 0 Å². The normalized spacial score (nSPS) is 14.3. The summed E-state index contributed by atoms with van der Waals surface area (Å²) in [5, 5.41) is 9.77. The van der Waals surface area contributed by atoms with Crippen LogP contribution in [-0.2, 0) is 42.2 Å². The summed E-state index contributed by atoms with van der Waals surface area (Å²) in [5.41, 5.74) is 0. The molecule has 0 radical (unpaired) electrons. The van der Waals surface area contributed by atoms with E-state index in [1.165, 1.54) is 12.8 Å². The number of unbranched alkanes of at least 4 members (excludes halogenated alkanes) is 13. The van der Waals surface area contributed by atoms with Crippen LogP contribution in [0.25, 0.3) is 0 Å². The third kappa shape index (κ3) is 49.1. The van der Waals surface area contributed by atoms with Crippen molar-refractivity contribution in [3.8, 4) is 0 Å². The van der Waals surface area contributed by atoms with E-state index in [-0.39, 0.29) is 25.9 Å². The van der Waals surface area contributed by atoms with Crippen LogP contribution in [0.4, 0.5) is 0 Å². The van der Waals surface area contributed by atoms with Crippen molar-refractivity contribution in [2.45, 2.75) is 213 Å². The number of hydrogen-bond donors (Lipinski definition) is 2. The van der Waals surface area contributed by atoms with Crippen LogP contribution in [0.2, 0.25) is 0 Å². The van der Waals surface area contributed by atoms with Crippen LogP contribution in [0, 0.1) is 0 Å². The molecule has 398 valence electrons. The molecule has 11 nitrogen and oxygen atoms in total. The first-order valence-electron chi connectivity index (χ1n) is 26.8. The Morgan fingerprint density at radius 1 is 0.414 bits per heavy atom. The number of allylic oxidation sites excluding steroid dienone is 18. The molecular formula is C58H95O11P. The predicted octanol–water partition coefficient (Wildman–Crippen LogP) is 15.5. The highest BCUT2D eigenvalue weighted by Crippen LogP contribution is 2.43. The van der Waals surface area contributed by atoms with E-state index in [0.29, 0.717) is 19.3 Å². The lowest BCUT2D eigenvalue weighted by molar-refractivity contribution is -0.161. The first-order chi connectivity index (χ1) is 34.2. The van der Waals surface area contributed by atoms with E-state index in [4.69, 9.17) is 23.3 Å². The molecule has 0 amide bonds. The number of hydrogen-bond acceptors (Lipinski definition) is 10. The maximum atomic E-state index is 12.9. The van der Waals surface area contributed by atoms with Gasteiger partial charge in [0.2, 0.25) is 0 Å². The quantitative estimate of drug-likeness (QED) is 0.0197. The van der Waals surface area contributed by atoms with Gasteiger partial charge in [-0.15, -0.1) is 0 Å². The number of aliphatic hydroxyl groups is 1. The zero-order valence-electron chi connectivity index (χ0n) is 43.7. The first-order valence-corrected chi connectivity index (χ1v) is 28.3. The molecule has 0 bridgehead atoms. The number of esters is 3. The average Bonchev–Trinajstić information content (AvgIpc) is 3.35.